The number of carbonyl (C=O) groups is 1. The summed E-state index contributed by atoms with van der Waals surface area (Å²) >= 11 is 0. The van der Waals surface area contributed by atoms with E-state index in [1.54, 1.807) is 17.9 Å². The first kappa shape index (κ1) is 12.9. The zero-order valence-corrected chi connectivity index (χ0v) is 10.7. The zero-order chi connectivity index (χ0) is 13.1. The van der Waals surface area contributed by atoms with E-state index in [9.17, 15) is 4.79 Å². The molecule has 1 aromatic rings. The van der Waals surface area contributed by atoms with Crippen LogP contribution in [0.4, 0.5) is 0 Å². The highest BCUT2D eigenvalue weighted by atomic mass is 16.5. The molecule has 6 heteroatoms. The number of morpholine rings is 1. The van der Waals surface area contributed by atoms with Crippen molar-refractivity contribution in [1.29, 1.82) is 0 Å². The number of nitrogens with zero attached hydrogens (tertiary/aromatic N) is 3. The van der Waals surface area contributed by atoms with Crippen LogP contribution in [-0.4, -0.2) is 53.3 Å². The summed E-state index contributed by atoms with van der Waals surface area (Å²) in [6.45, 7) is 5.64. The van der Waals surface area contributed by atoms with Gasteiger partial charge in [-0.2, -0.15) is 10.2 Å². The van der Waals surface area contributed by atoms with Gasteiger partial charge in [-0.1, -0.05) is 0 Å². The fraction of sp³-hybridized carbons (Fsp3) is 0.583. The van der Waals surface area contributed by atoms with Gasteiger partial charge in [-0.05, 0) is 19.9 Å². The van der Waals surface area contributed by atoms with Crippen LogP contribution in [-0.2, 0) is 4.74 Å². The highest BCUT2D eigenvalue weighted by Gasteiger charge is 2.28. The molecule has 18 heavy (non-hydrogen) atoms. The van der Waals surface area contributed by atoms with Gasteiger partial charge in [0.15, 0.2) is 0 Å². The predicted octanol–water partition coefficient (Wildman–Crippen LogP) is -0.107. The summed E-state index contributed by atoms with van der Waals surface area (Å²) in [6.07, 6.45) is 0. The molecule has 1 aliphatic heterocycles. The first-order chi connectivity index (χ1) is 8.63. The Labute approximate surface area is 106 Å². The second-order valence-electron chi connectivity index (χ2n) is 4.45. The Morgan fingerprint density at radius 2 is 2.33 bits per heavy atom. The molecule has 0 aromatic carbocycles. The van der Waals surface area contributed by atoms with Crippen molar-refractivity contribution in [3.63, 3.8) is 0 Å². The van der Waals surface area contributed by atoms with Gasteiger partial charge in [0.1, 0.15) is 0 Å². The molecule has 1 unspecified atom stereocenters. The Morgan fingerprint density at radius 3 is 3.06 bits per heavy atom. The Kier molecular flexibility index (Phi) is 3.88. The van der Waals surface area contributed by atoms with Crippen LogP contribution in [0, 0.1) is 13.8 Å². The van der Waals surface area contributed by atoms with Crippen molar-refractivity contribution in [2.45, 2.75) is 19.9 Å². The molecule has 1 amide bonds. The fourth-order valence-electron chi connectivity index (χ4n) is 2.04. The smallest absolute Gasteiger partial charge is 0.256 e. The highest BCUT2D eigenvalue weighted by molar-refractivity contribution is 5.95. The number of hydrogen-bond acceptors (Lipinski definition) is 5. The van der Waals surface area contributed by atoms with Crippen LogP contribution in [0.15, 0.2) is 6.07 Å². The van der Waals surface area contributed by atoms with Crippen LogP contribution in [0.2, 0.25) is 0 Å². The minimum atomic E-state index is -0.0564. The van der Waals surface area contributed by atoms with Gasteiger partial charge in [-0.25, -0.2) is 0 Å². The molecule has 98 valence electrons. The number of nitrogens with two attached hydrogens (primary N) is 1. The summed E-state index contributed by atoms with van der Waals surface area (Å²) in [4.78, 5) is 14.3. The quantitative estimate of drug-likeness (QED) is 0.792. The summed E-state index contributed by atoms with van der Waals surface area (Å²) in [7, 11) is 0. The maximum absolute atomic E-state index is 12.5. The summed E-state index contributed by atoms with van der Waals surface area (Å²) < 4.78 is 5.34. The Bertz CT molecular complexity index is 450. The van der Waals surface area contributed by atoms with Gasteiger partial charge in [0.2, 0.25) is 0 Å². The topological polar surface area (TPSA) is 81.3 Å². The van der Waals surface area contributed by atoms with E-state index in [4.69, 9.17) is 10.5 Å². The average Bonchev–Trinajstić information content (AvgIpc) is 2.40. The van der Waals surface area contributed by atoms with E-state index >= 15 is 0 Å². The van der Waals surface area contributed by atoms with Crippen LogP contribution < -0.4 is 5.73 Å². The Hall–Kier alpha value is -1.53. The number of hydrogen-bond donors (Lipinski definition) is 1. The van der Waals surface area contributed by atoms with Crippen LogP contribution in [0.1, 0.15) is 21.7 Å². The van der Waals surface area contributed by atoms with Gasteiger partial charge >= 0.3 is 0 Å². The van der Waals surface area contributed by atoms with Crippen molar-refractivity contribution in [2.75, 3.05) is 26.3 Å². The molecule has 2 rings (SSSR count). The summed E-state index contributed by atoms with van der Waals surface area (Å²) in [6, 6.07) is 1.72. The molecule has 0 aliphatic carbocycles. The van der Waals surface area contributed by atoms with Gasteiger partial charge in [0, 0.05) is 13.1 Å². The fourth-order valence-corrected chi connectivity index (χ4v) is 2.04. The standard InChI is InChI=1S/C12H18N4O2/c1-8-5-11(9(2)15-14-8)12(17)16-3-4-18-7-10(16)6-13/h5,10H,3-4,6-7,13H2,1-2H3. The van der Waals surface area contributed by atoms with Gasteiger partial charge in [0.25, 0.3) is 5.91 Å². The molecule has 0 spiro atoms. The van der Waals surface area contributed by atoms with E-state index in [0.29, 0.717) is 37.6 Å². The third-order valence-electron chi connectivity index (χ3n) is 3.09. The Morgan fingerprint density at radius 1 is 1.56 bits per heavy atom. The van der Waals surface area contributed by atoms with Crippen LogP contribution in [0.3, 0.4) is 0 Å². The lowest BCUT2D eigenvalue weighted by atomic mass is 10.1. The van der Waals surface area contributed by atoms with E-state index in [0.717, 1.165) is 5.69 Å². The number of amides is 1. The summed E-state index contributed by atoms with van der Waals surface area (Å²) in [5.41, 5.74) is 7.66. The van der Waals surface area contributed by atoms with Crippen molar-refractivity contribution in [3.8, 4) is 0 Å². The molecule has 1 aromatic heterocycles. The third kappa shape index (κ3) is 2.49. The van der Waals surface area contributed by atoms with Crippen LogP contribution in [0.5, 0.6) is 0 Å². The van der Waals surface area contributed by atoms with E-state index < -0.39 is 0 Å². The van der Waals surface area contributed by atoms with Gasteiger partial charge in [-0.3, -0.25) is 4.79 Å². The lowest BCUT2D eigenvalue weighted by molar-refractivity contribution is 0.000754. The number of aryl methyl sites for hydroxylation is 2. The maximum atomic E-state index is 12.5. The molecule has 6 nitrogen and oxygen atoms in total. The maximum Gasteiger partial charge on any atom is 0.256 e. The largest absolute Gasteiger partial charge is 0.377 e. The number of ether oxygens (including phenoxy) is 1. The Balaban J connectivity index is 2.26. The molecule has 0 bridgehead atoms. The minimum absolute atomic E-state index is 0.0377. The predicted molar refractivity (Wildman–Crippen MR) is 66.2 cm³/mol. The van der Waals surface area contributed by atoms with E-state index in [2.05, 4.69) is 10.2 Å². The number of aromatic nitrogens is 2. The lowest BCUT2D eigenvalue weighted by Crippen LogP contribution is -2.52. The molecular weight excluding hydrogens is 232 g/mol. The molecule has 1 fully saturated rings. The van der Waals surface area contributed by atoms with Crippen LogP contribution in [0.25, 0.3) is 0 Å². The molecule has 1 saturated heterocycles. The van der Waals surface area contributed by atoms with E-state index in [-0.39, 0.29) is 11.9 Å². The van der Waals surface area contributed by atoms with Crippen molar-refractivity contribution in [2.24, 2.45) is 5.73 Å². The monoisotopic (exact) mass is 250 g/mol. The first-order valence-corrected chi connectivity index (χ1v) is 6.03. The van der Waals surface area contributed by atoms with Crippen molar-refractivity contribution in [3.05, 3.63) is 23.0 Å². The second-order valence-corrected chi connectivity index (χ2v) is 4.45. The highest BCUT2D eigenvalue weighted by Crippen LogP contribution is 2.14. The van der Waals surface area contributed by atoms with Gasteiger partial charge in [0.05, 0.1) is 36.2 Å². The number of rotatable bonds is 2. The normalized spacial score (nSPS) is 19.9. The molecule has 1 aliphatic rings. The van der Waals surface area contributed by atoms with E-state index in [1.165, 1.54) is 0 Å². The lowest BCUT2D eigenvalue weighted by Gasteiger charge is -2.35. The van der Waals surface area contributed by atoms with E-state index in [1.807, 2.05) is 6.92 Å². The minimum Gasteiger partial charge on any atom is -0.377 e. The summed E-state index contributed by atoms with van der Waals surface area (Å²) in [5.74, 6) is -0.0377. The molecular formula is C12H18N4O2. The van der Waals surface area contributed by atoms with Gasteiger partial charge in [-0.15, -0.1) is 0 Å². The SMILES string of the molecule is Cc1cc(C(=O)N2CCOCC2CN)c(C)nn1. The van der Waals surface area contributed by atoms with Crippen LogP contribution >= 0.6 is 0 Å². The third-order valence-corrected chi connectivity index (χ3v) is 3.09. The van der Waals surface area contributed by atoms with Crippen molar-refractivity contribution in [1.82, 2.24) is 15.1 Å². The second kappa shape index (κ2) is 5.41. The zero-order valence-electron chi connectivity index (χ0n) is 10.7. The van der Waals surface area contributed by atoms with Crippen molar-refractivity contribution < 1.29 is 9.53 Å². The summed E-state index contributed by atoms with van der Waals surface area (Å²) in [5, 5.41) is 7.92. The van der Waals surface area contributed by atoms with Crippen molar-refractivity contribution >= 4 is 5.91 Å². The molecule has 2 heterocycles. The average molecular weight is 250 g/mol. The number of carbonyl (C=O) groups excluding carboxylic acids is 1. The van der Waals surface area contributed by atoms with Gasteiger partial charge < -0.3 is 15.4 Å². The molecule has 0 radical (unpaired) electrons. The first-order valence-electron chi connectivity index (χ1n) is 6.03. The molecule has 1 atom stereocenters. The molecule has 0 saturated carbocycles. The molecule has 2 N–H and O–H groups in total.